The molecule has 11 heteroatoms. The van der Waals surface area contributed by atoms with E-state index in [9.17, 15) is 14.4 Å². The molecule has 1 aromatic carbocycles. The maximum Gasteiger partial charge on any atom is 0.336 e. The van der Waals surface area contributed by atoms with Crippen molar-refractivity contribution in [3.63, 3.8) is 0 Å². The number of fused-ring (bicyclic) bond motifs is 2. The molecule has 11 nitrogen and oxygen atoms in total. The third-order valence-electron chi connectivity index (χ3n) is 5.74. The van der Waals surface area contributed by atoms with E-state index in [4.69, 9.17) is 4.42 Å². The van der Waals surface area contributed by atoms with E-state index in [-0.39, 0.29) is 6.54 Å². The second-order valence-electron chi connectivity index (χ2n) is 8.20. The Morgan fingerprint density at radius 1 is 1.00 bits per heavy atom. The number of rotatable bonds is 4. The quantitative estimate of drug-likeness (QED) is 0.374. The van der Waals surface area contributed by atoms with Crippen LogP contribution in [0.25, 0.3) is 22.1 Å². The average Bonchev–Trinajstić information content (AvgIpc) is 3.37. The minimum atomic E-state index is -0.436. The van der Waals surface area contributed by atoms with Gasteiger partial charge in [0.25, 0.3) is 5.56 Å². The lowest BCUT2D eigenvalue weighted by molar-refractivity contribution is 0.555. The summed E-state index contributed by atoms with van der Waals surface area (Å²) in [5.74, 6) is 0. The van der Waals surface area contributed by atoms with Gasteiger partial charge in [0.15, 0.2) is 11.2 Å². The van der Waals surface area contributed by atoms with Gasteiger partial charge in [0.2, 0.25) is 0 Å². The molecule has 5 rings (SSSR count). The first kappa shape index (κ1) is 20.6. The molecule has 0 N–H and O–H groups in total. The molecule has 0 aliphatic heterocycles. The monoisotopic (exact) mass is 447 g/mol. The summed E-state index contributed by atoms with van der Waals surface area (Å²) in [4.78, 5) is 41.1. The number of imidazole rings is 1. The first-order valence-electron chi connectivity index (χ1n) is 10.3. The summed E-state index contributed by atoms with van der Waals surface area (Å²) in [5.41, 5.74) is 3.29. The molecule has 0 bridgehead atoms. The van der Waals surface area contributed by atoms with Crippen LogP contribution in [-0.2, 0) is 27.2 Å². The molecule has 0 aliphatic rings. The zero-order valence-corrected chi connectivity index (χ0v) is 18.6. The van der Waals surface area contributed by atoms with Crippen molar-refractivity contribution < 1.29 is 4.42 Å². The normalized spacial score (nSPS) is 11.6. The Morgan fingerprint density at radius 3 is 2.58 bits per heavy atom. The first-order chi connectivity index (χ1) is 15.7. The second kappa shape index (κ2) is 7.40. The van der Waals surface area contributed by atoms with Gasteiger partial charge in [0.1, 0.15) is 11.3 Å². The van der Waals surface area contributed by atoms with E-state index in [1.165, 1.54) is 24.0 Å². The van der Waals surface area contributed by atoms with Gasteiger partial charge in [-0.2, -0.15) is 0 Å². The molecule has 168 valence electrons. The third kappa shape index (κ3) is 3.37. The van der Waals surface area contributed by atoms with E-state index < -0.39 is 16.9 Å². The number of aryl methyl sites for hydroxylation is 3. The first-order valence-corrected chi connectivity index (χ1v) is 10.3. The zero-order valence-electron chi connectivity index (χ0n) is 18.6. The van der Waals surface area contributed by atoms with Crippen molar-refractivity contribution in [3.8, 4) is 0 Å². The molecule has 0 amide bonds. The van der Waals surface area contributed by atoms with E-state index in [1.807, 2.05) is 26.0 Å². The van der Waals surface area contributed by atoms with E-state index in [0.717, 1.165) is 26.6 Å². The number of benzene rings is 1. The molecule has 0 saturated heterocycles. The van der Waals surface area contributed by atoms with Gasteiger partial charge in [-0.25, -0.2) is 19.3 Å². The molecule has 5 aromatic rings. The largest absolute Gasteiger partial charge is 0.423 e. The van der Waals surface area contributed by atoms with Crippen LogP contribution in [0.4, 0.5) is 0 Å². The fourth-order valence-corrected chi connectivity index (χ4v) is 4.25. The van der Waals surface area contributed by atoms with Gasteiger partial charge in [0, 0.05) is 25.5 Å². The van der Waals surface area contributed by atoms with Gasteiger partial charge in [-0.1, -0.05) is 11.3 Å². The third-order valence-corrected chi connectivity index (χ3v) is 5.74. The van der Waals surface area contributed by atoms with Gasteiger partial charge in [0.05, 0.1) is 25.6 Å². The Hall–Kier alpha value is -4.28. The Morgan fingerprint density at radius 2 is 1.79 bits per heavy atom. The summed E-state index contributed by atoms with van der Waals surface area (Å²) in [7, 11) is 3.00. The topological polar surface area (TPSA) is 123 Å². The van der Waals surface area contributed by atoms with Gasteiger partial charge >= 0.3 is 11.3 Å². The van der Waals surface area contributed by atoms with E-state index in [0.29, 0.717) is 29.0 Å². The smallest absolute Gasteiger partial charge is 0.336 e. The molecular weight excluding hydrogens is 426 g/mol. The fraction of sp³-hybridized carbons (Fsp3) is 0.273. The predicted molar refractivity (Wildman–Crippen MR) is 120 cm³/mol. The molecular formula is C22H21N7O4. The van der Waals surface area contributed by atoms with Crippen molar-refractivity contribution in [2.45, 2.75) is 26.9 Å². The van der Waals surface area contributed by atoms with Crippen molar-refractivity contribution in [1.82, 2.24) is 33.7 Å². The highest BCUT2D eigenvalue weighted by Gasteiger charge is 2.16. The van der Waals surface area contributed by atoms with Crippen LogP contribution in [0.2, 0.25) is 0 Å². The van der Waals surface area contributed by atoms with Crippen molar-refractivity contribution >= 4 is 22.1 Å². The number of hydrogen-bond donors (Lipinski definition) is 0. The van der Waals surface area contributed by atoms with Crippen LogP contribution < -0.4 is 16.9 Å². The highest BCUT2D eigenvalue weighted by Crippen LogP contribution is 2.23. The minimum Gasteiger partial charge on any atom is -0.423 e. The van der Waals surface area contributed by atoms with Gasteiger partial charge in [-0.3, -0.25) is 13.9 Å². The molecule has 33 heavy (non-hydrogen) atoms. The predicted octanol–water partition coefficient (Wildman–Crippen LogP) is 0.845. The molecule has 0 unspecified atom stereocenters. The lowest BCUT2D eigenvalue weighted by atomic mass is 10.0. The maximum absolute atomic E-state index is 12.6. The molecule has 0 fully saturated rings. The summed E-state index contributed by atoms with van der Waals surface area (Å²) in [6.45, 7) is 4.51. The van der Waals surface area contributed by atoms with Crippen LogP contribution in [0.15, 0.2) is 49.5 Å². The molecule has 0 saturated carbocycles. The standard InChI is InChI=1S/C22H21N7O4/c1-12-5-13(2)18-14(7-17(30)33-16(18)6-12)8-29-10-15(24-25-29)9-28-11-23-20-19(28)21(31)27(4)22(32)26(20)3/h5-7,10-11H,8-9H2,1-4H3. The highest BCUT2D eigenvalue weighted by molar-refractivity contribution is 5.84. The van der Waals surface area contributed by atoms with Crippen molar-refractivity contribution in [2.75, 3.05) is 0 Å². The van der Waals surface area contributed by atoms with Gasteiger partial charge < -0.3 is 8.98 Å². The van der Waals surface area contributed by atoms with Crippen LogP contribution >= 0.6 is 0 Å². The lowest BCUT2D eigenvalue weighted by Gasteiger charge is -2.09. The van der Waals surface area contributed by atoms with Crippen LogP contribution in [0, 0.1) is 13.8 Å². The number of nitrogens with zero attached hydrogens (tertiary/aromatic N) is 7. The lowest BCUT2D eigenvalue weighted by Crippen LogP contribution is -2.37. The Kier molecular flexibility index (Phi) is 4.62. The van der Waals surface area contributed by atoms with Crippen LogP contribution in [-0.4, -0.2) is 33.7 Å². The Balaban J connectivity index is 1.50. The van der Waals surface area contributed by atoms with Crippen molar-refractivity contribution in [3.05, 3.63) is 84.4 Å². The Bertz CT molecular complexity index is 1730. The molecule has 0 aliphatic carbocycles. The Labute approximate surface area is 186 Å². The summed E-state index contributed by atoms with van der Waals surface area (Å²) >= 11 is 0. The van der Waals surface area contributed by atoms with Crippen LogP contribution in [0.1, 0.15) is 22.4 Å². The van der Waals surface area contributed by atoms with Crippen molar-refractivity contribution in [1.29, 1.82) is 0 Å². The van der Waals surface area contributed by atoms with E-state index >= 15 is 0 Å². The van der Waals surface area contributed by atoms with Crippen LogP contribution in [0.5, 0.6) is 0 Å². The van der Waals surface area contributed by atoms with E-state index in [2.05, 4.69) is 15.3 Å². The zero-order chi connectivity index (χ0) is 23.4. The highest BCUT2D eigenvalue weighted by atomic mass is 16.4. The van der Waals surface area contributed by atoms with Crippen molar-refractivity contribution in [2.24, 2.45) is 14.1 Å². The molecule has 4 heterocycles. The van der Waals surface area contributed by atoms with Crippen LogP contribution in [0.3, 0.4) is 0 Å². The van der Waals surface area contributed by atoms with Gasteiger partial charge in [-0.15, -0.1) is 5.10 Å². The average molecular weight is 447 g/mol. The SMILES string of the molecule is Cc1cc(C)c2c(Cn3cc(Cn4cnc5c4c(=O)n(C)c(=O)n5C)nn3)cc(=O)oc2c1. The molecule has 0 spiro atoms. The second-order valence-corrected chi connectivity index (χ2v) is 8.20. The molecule has 0 atom stereocenters. The van der Waals surface area contributed by atoms with Gasteiger partial charge in [-0.05, 0) is 36.6 Å². The van der Waals surface area contributed by atoms with E-state index in [1.54, 1.807) is 22.5 Å². The minimum absolute atomic E-state index is 0.250. The summed E-state index contributed by atoms with van der Waals surface area (Å²) in [5, 5.41) is 9.28. The summed E-state index contributed by atoms with van der Waals surface area (Å²) < 4.78 is 11.1. The maximum atomic E-state index is 12.6. The number of hydrogen-bond acceptors (Lipinski definition) is 7. The summed E-state index contributed by atoms with van der Waals surface area (Å²) in [6.07, 6.45) is 3.26. The molecule has 0 radical (unpaired) electrons. The molecule has 4 aromatic heterocycles. The number of aromatic nitrogens is 7. The fourth-order valence-electron chi connectivity index (χ4n) is 4.25. The summed E-state index contributed by atoms with van der Waals surface area (Å²) in [6, 6.07) is 5.36.